The lowest BCUT2D eigenvalue weighted by Gasteiger charge is -2.12. The molecule has 0 unspecified atom stereocenters. The summed E-state index contributed by atoms with van der Waals surface area (Å²) >= 11 is 0. The van der Waals surface area contributed by atoms with E-state index in [0.29, 0.717) is 5.56 Å². The molecule has 13 heavy (non-hydrogen) atoms. The minimum atomic E-state index is -2.50. The fourth-order valence-corrected chi connectivity index (χ4v) is 1.35. The van der Waals surface area contributed by atoms with Crippen LogP contribution >= 0.6 is 0 Å². The molecule has 0 aromatic heterocycles. The minimum absolute atomic E-state index is 0.507. The van der Waals surface area contributed by atoms with Crippen LogP contribution in [-0.2, 0) is 0 Å². The summed E-state index contributed by atoms with van der Waals surface area (Å²) in [6.45, 7) is 3.74. The number of benzene rings is 1. The Bertz CT molecular complexity index is 277. The highest BCUT2D eigenvalue weighted by Crippen LogP contribution is 2.20. The molecule has 0 spiro atoms. The van der Waals surface area contributed by atoms with Gasteiger partial charge in [-0.15, -0.1) is 0 Å². The van der Waals surface area contributed by atoms with Gasteiger partial charge in [-0.2, -0.15) is 0 Å². The Morgan fingerprint density at radius 1 is 1.08 bits per heavy atom. The van der Waals surface area contributed by atoms with E-state index in [1.807, 2.05) is 19.9 Å². The first-order chi connectivity index (χ1) is 6.00. The summed E-state index contributed by atoms with van der Waals surface area (Å²) in [5.74, 6) is 0. The van der Waals surface area contributed by atoms with E-state index in [9.17, 15) is 8.78 Å². The first kappa shape index (κ1) is 10.1. The highest BCUT2D eigenvalue weighted by Gasteiger charge is 2.17. The van der Waals surface area contributed by atoms with Gasteiger partial charge in [0.25, 0.3) is 6.43 Å². The second-order valence-corrected chi connectivity index (χ2v) is 3.28. The van der Waals surface area contributed by atoms with Gasteiger partial charge in [0.05, 0.1) is 6.04 Å². The molecule has 1 rings (SSSR count). The van der Waals surface area contributed by atoms with Crippen molar-refractivity contribution < 1.29 is 8.78 Å². The standard InChI is InChI=1S/C10H13F2N/c1-6-3-7(2)5-8(4-6)9(13)10(11)12/h3-5,9-10H,13H2,1-2H3/t9-/m1/s1. The van der Waals surface area contributed by atoms with Crippen molar-refractivity contribution in [2.24, 2.45) is 5.73 Å². The predicted octanol–water partition coefficient (Wildman–Crippen LogP) is 2.57. The average Bonchev–Trinajstić information content (AvgIpc) is 2.01. The molecule has 3 heteroatoms. The van der Waals surface area contributed by atoms with Gasteiger partial charge in [0.1, 0.15) is 0 Å². The third-order valence-corrected chi connectivity index (χ3v) is 1.90. The molecule has 0 aliphatic rings. The maximum absolute atomic E-state index is 12.3. The van der Waals surface area contributed by atoms with Crippen molar-refractivity contribution in [3.8, 4) is 0 Å². The van der Waals surface area contributed by atoms with Crippen molar-refractivity contribution in [3.63, 3.8) is 0 Å². The van der Waals surface area contributed by atoms with Crippen LogP contribution in [0.25, 0.3) is 0 Å². The molecule has 0 aliphatic carbocycles. The molecule has 1 aromatic carbocycles. The molecule has 1 nitrogen and oxygen atoms in total. The molecule has 1 atom stereocenters. The van der Waals surface area contributed by atoms with E-state index in [1.165, 1.54) is 0 Å². The summed E-state index contributed by atoms with van der Waals surface area (Å²) < 4.78 is 24.5. The number of hydrogen-bond acceptors (Lipinski definition) is 1. The number of halogens is 2. The first-order valence-electron chi connectivity index (χ1n) is 4.12. The molecule has 0 bridgehead atoms. The van der Waals surface area contributed by atoms with Crippen molar-refractivity contribution in [2.75, 3.05) is 0 Å². The summed E-state index contributed by atoms with van der Waals surface area (Å²) in [6.07, 6.45) is -2.50. The van der Waals surface area contributed by atoms with Crippen LogP contribution in [0, 0.1) is 13.8 Å². The van der Waals surface area contributed by atoms with Gasteiger partial charge >= 0.3 is 0 Å². The normalized spacial score (nSPS) is 13.4. The average molecular weight is 185 g/mol. The second kappa shape index (κ2) is 3.83. The van der Waals surface area contributed by atoms with Gasteiger partial charge in [0.15, 0.2) is 0 Å². The number of nitrogens with two attached hydrogens (primary N) is 1. The van der Waals surface area contributed by atoms with E-state index >= 15 is 0 Å². The maximum Gasteiger partial charge on any atom is 0.257 e. The zero-order chi connectivity index (χ0) is 10.0. The van der Waals surface area contributed by atoms with Crippen LogP contribution in [-0.4, -0.2) is 6.43 Å². The third-order valence-electron chi connectivity index (χ3n) is 1.90. The van der Waals surface area contributed by atoms with Crippen molar-refractivity contribution in [1.29, 1.82) is 0 Å². The topological polar surface area (TPSA) is 26.0 Å². The molecular weight excluding hydrogens is 172 g/mol. The number of aryl methyl sites for hydroxylation is 2. The zero-order valence-electron chi connectivity index (χ0n) is 7.72. The fourth-order valence-electron chi connectivity index (χ4n) is 1.35. The molecule has 0 aliphatic heterocycles. The lowest BCUT2D eigenvalue weighted by molar-refractivity contribution is 0.116. The van der Waals surface area contributed by atoms with Gasteiger partial charge in [-0.25, -0.2) is 8.78 Å². The molecule has 0 fully saturated rings. The summed E-state index contributed by atoms with van der Waals surface area (Å²) in [6, 6.07) is 4.16. The highest BCUT2D eigenvalue weighted by atomic mass is 19.3. The van der Waals surface area contributed by atoms with Crippen LogP contribution < -0.4 is 5.73 Å². The lowest BCUT2D eigenvalue weighted by Crippen LogP contribution is -2.19. The van der Waals surface area contributed by atoms with Crippen molar-refractivity contribution >= 4 is 0 Å². The molecule has 72 valence electrons. The minimum Gasteiger partial charge on any atom is -0.319 e. The van der Waals surface area contributed by atoms with Gasteiger partial charge in [-0.3, -0.25) is 0 Å². The molecule has 0 saturated carbocycles. The Morgan fingerprint density at radius 3 is 1.92 bits per heavy atom. The van der Waals surface area contributed by atoms with Gasteiger partial charge in [-0.05, 0) is 19.4 Å². The summed E-state index contributed by atoms with van der Waals surface area (Å²) in [5.41, 5.74) is 7.76. The Kier molecular flexibility index (Phi) is 2.98. The van der Waals surface area contributed by atoms with Crippen LogP contribution in [0.4, 0.5) is 8.78 Å². The summed E-state index contributed by atoms with van der Waals surface area (Å²) in [4.78, 5) is 0. The molecule has 0 heterocycles. The highest BCUT2D eigenvalue weighted by molar-refractivity contribution is 5.30. The Balaban J connectivity index is 3.01. The van der Waals surface area contributed by atoms with E-state index in [0.717, 1.165) is 11.1 Å². The first-order valence-corrected chi connectivity index (χ1v) is 4.12. The summed E-state index contributed by atoms with van der Waals surface area (Å²) in [7, 11) is 0. The molecule has 2 N–H and O–H groups in total. The van der Waals surface area contributed by atoms with Crippen LogP contribution in [0.1, 0.15) is 22.7 Å². The summed E-state index contributed by atoms with van der Waals surface area (Å²) in [5, 5.41) is 0. The van der Waals surface area contributed by atoms with Crippen LogP contribution in [0.3, 0.4) is 0 Å². The molecule has 0 amide bonds. The zero-order valence-corrected chi connectivity index (χ0v) is 7.72. The molecule has 0 saturated heterocycles. The number of hydrogen-bond donors (Lipinski definition) is 1. The quantitative estimate of drug-likeness (QED) is 0.752. The molecular formula is C10H13F2N. The smallest absolute Gasteiger partial charge is 0.257 e. The SMILES string of the molecule is Cc1cc(C)cc([C@@H](N)C(F)F)c1. The Hall–Kier alpha value is -0.960. The van der Waals surface area contributed by atoms with Crippen molar-refractivity contribution in [3.05, 3.63) is 34.9 Å². The van der Waals surface area contributed by atoms with Crippen LogP contribution in [0.15, 0.2) is 18.2 Å². The Labute approximate surface area is 76.6 Å². The van der Waals surface area contributed by atoms with Crippen LogP contribution in [0.2, 0.25) is 0 Å². The number of rotatable bonds is 2. The fraction of sp³-hybridized carbons (Fsp3) is 0.400. The lowest BCUT2D eigenvalue weighted by atomic mass is 10.0. The van der Waals surface area contributed by atoms with Crippen molar-refractivity contribution in [2.45, 2.75) is 26.3 Å². The van der Waals surface area contributed by atoms with E-state index < -0.39 is 12.5 Å². The van der Waals surface area contributed by atoms with E-state index in [2.05, 4.69) is 0 Å². The number of alkyl halides is 2. The molecule has 1 aromatic rings. The molecule has 0 radical (unpaired) electrons. The van der Waals surface area contributed by atoms with E-state index in [4.69, 9.17) is 5.73 Å². The largest absolute Gasteiger partial charge is 0.319 e. The van der Waals surface area contributed by atoms with E-state index in [-0.39, 0.29) is 0 Å². The second-order valence-electron chi connectivity index (χ2n) is 3.28. The van der Waals surface area contributed by atoms with Gasteiger partial charge in [-0.1, -0.05) is 29.3 Å². The van der Waals surface area contributed by atoms with Crippen LogP contribution in [0.5, 0.6) is 0 Å². The van der Waals surface area contributed by atoms with Gasteiger partial charge in [0.2, 0.25) is 0 Å². The van der Waals surface area contributed by atoms with Gasteiger partial charge in [0, 0.05) is 0 Å². The van der Waals surface area contributed by atoms with Gasteiger partial charge < -0.3 is 5.73 Å². The predicted molar refractivity (Wildman–Crippen MR) is 48.8 cm³/mol. The van der Waals surface area contributed by atoms with Crippen molar-refractivity contribution in [1.82, 2.24) is 0 Å². The monoisotopic (exact) mass is 185 g/mol. The Morgan fingerprint density at radius 2 is 1.54 bits per heavy atom. The third kappa shape index (κ3) is 2.49. The maximum atomic E-state index is 12.3. The van der Waals surface area contributed by atoms with E-state index in [1.54, 1.807) is 12.1 Å².